The second-order valence-electron chi connectivity index (χ2n) is 5.30. The van der Waals surface area contributed by atoms with E-state index in [0.29, 0.717) is 6.42 Å². The summed E-state index contributed by atoms with van der Waals surface area (Å²) in [6.45, 7) is 3.79. The maximum absolute atomic E-state index is 11.8. The van der Waals surface area contributed by atoms with Gasteiger partial charge in [0.05, 0.1) is 5.75 Å². The molecule has 0 heterocycles. The van der Waals surface area contributed by atoms with Crippen molar-refractivity contribution < 1.29 is 13.2 Å². The maximum atomic E-state index is 11.8. The van der Waals surface area contributed by atoms with Crippen LogP contribution in [0.1, 0.15) is 33.1 Å². The second-order valence-corrected chi connectivity index (χ2v) is 8.07. The SMILES string of the molecule is C[C@]12CC[C@H](CC1=O)[C@@]2(C)CS(=O)(=O)Cl. The van der Waals surface area contributed by atoms with Crippen molar-refractivity contribution in [2.45, 2.75) is 33.1 Å². The molecule has 0 aromatic rings. The average Bonchev–Trinajstić information content (AvgIpc) is 2.35. The Kier molecular flexibility index (Phi) is 2.26. The Morgan fingerprint density at radius 3 is 2.40 bits per heavy atom. The van der Waals surface area contributed by atoms with Crippen LogP contribution in [0, 0.1) is 16.7 Å². The third-order valence-corrected chi connectivity index (χ3v) is 5.95. The van der Waals surface area contributed by atoms with Crippen molar-refractivity contribution >= 4 is 25.5 Å². The molecule has 0 aromatic carbocycles. The molecule has 86 valence electrons. The largest absolute Gasteiger partial charge is 0.299 e. The summed E-state index contributed by atoms with van der Waals surface area (Å²) in [6.07, 6.45) is 2.28. The first kappa shape index (κ1) is 11.4. The van der Waals surface area contributed by atoms with Gasteiger partial charge in [-0.05, 0) is 24.2 Å². The van der Waals surface area contributed by atoms with Crippen LogP contribution in [0.2, 0.25) is 0 Å². The number of fused-ring (bicyclic) bond motifs is 2. The number of carbonyl (C=O) groups is 1. The zero-order chi connectivity index (χ0) is 11.5. The van der Waals surface area contributed by atoms with Crippen LogP contribution in [0.15, 0.2) is 0 Å². The van der Waals surface area contributed by atoms with Crippen molar-refractivity contribution in [2.24, 2.45) is 16.7 Å². The van der Waals surface area contributed by atoms with Crippen LogP contribution in [0.4, 0.5) is 0 Å². The summed E-state index contributed by atoms with van der Waals surface area (Å²) in [5, 5.41) is 0. The molecule has 15 heavy (non-hydrogen) atoms. The number of Topliss-reactive ketones (excluding diaryl/α,β-unsaturated/α-hetero) is 1. The van der Waals surface area contributed by atoms with Gasteiger partial charge in [0.25, 0.3) is 0 Å². The molecule has 0 radical (unpaired) electrons. The van der Waals surface area contributed by atoms with Crippen LogP contribution in [-0.2, 0) is 13.8 Å². The van der Waals surface area contributed by atoms with Crippen LogP contribution >= 0.6 is 10.7 Å². The Bertz CT molecular complexity index is 416. The number of rotatable bonds is 2. The maximum Gasteiger partial charge on any atom is 0.233 e. The van der Waals surface area contributed by atoms with E-state index in [2.05, 4.69) is 0 Å². The van der Waals surface area contributed by atoms with Crippen molar-refractivity contribution in [3.05, 3.63) is 0 Å². The highest BCUT2D eigenvalue weighted by molar-refractivity contribution is 8.13. The van der Waals surface area contributed by atoms with E-state index in [1.807, 2.05) is 13.8 Å². The van der Waals surface area contributed by atoms with Gasteiger partial charge < -0.3 is 0 Å². The minimum Gasteiger partial charge on any atom is -0.299 e. The Hall–Kier alpha value is -0.0900. The minimum absolute atomic E-state index is 0.0749. The van der Waals surface area contributed by atoms with Crippen LogP contribution < -0.4 is 0 Å². The molecule has 0 N–H and O–H groups in total. The summed E-state index contributed by atoms with van der Waals surface area (Å²) in [7, 11) is 1.80. The summed E-state index contributed by atoms with van der Waals surface area (Å²) < 4.78 is 22.4. The summed E-state index contributed by atoms with van der Waals surface area (Å²) in [6, 6.07) is 0. The summed E-state index contributed by atoms with van der Waals surface area (Å²) in [5.74, 6) is 0.333. The van der Waals surface area contributed by atoms with Gasteiger partial charge in [0.15, 0.2) is 0 Å². The molecule has 2 bridgehead atoms. The van der Waals surface area contributed by atoms with Crippen LogP contribution in [0.3, 0.4) is 0 Å². The van der Waals surface area contributed by atoms with Gasteiger partial charge in [0.2, 0.25) is 9.05 Å². The molecule has 2 aliphatic carbocycles. The van der Waals surface area contributed by atoms with Crippen molar-refractivity contribution in [2.75, 3.05) is 5.75 Å². The Morgan fingerprint density at radius 2 is 2.07 bits per heavy atom. The molecular formula is C10H15ClO3S. The quantitative estimate of drug-likeness (QED) is 0.704. The molecule has 3 nitrogen and oxygen atoms in total. The van der Waals surface area contributed by atoms with Gasteiger partial charge in [0.1, 0.15) is 5.78 Å². The Morgan fingerprint density at radius 1 is 1.47 bits per heavy atom. The fourth-order valence-electron chi connectivity index (χ4n) is 3.39. The molecule has 0 saturated heterocycles. The van der Waals surface area contributed by atoms with E-state index in [9.17, 15) is 13.2 Å². The van der Waals surface area contributed by atoms with Gasteiger partial charge >= 0.3 is 0 Å². The summed E-state index contributed by atoms with van der Waals surface area (Å²) in [4.78, 5) is 11.8. The molecular weight excluding hydrogens is 236 g/mol. The normalized spacial score (nSPS) is 45.0. The summed E-state index contributed by atoms with van der Waals surface area (Å²) >= 11 is 0. The number of hydrogen-bond donors (Lipinski definition) is 0. The third kappa shape index (κ3) is 1.45. The molecule has 0 aromatic heterocycles. The average molecular weight is 251 g/mol. The molecule has 2 saturated carbocycles. The lowest BCUT2D eigenvalue weighted by Gasteiger charge is -2.35. The van der Waals surface area contributed by atoms with E-state index >= 15 is 0 Å². The fraction of sp³-hybridized carbons (Fsp3) is 0.900. The standard InChI is InChI=1S/C10H15ClO3S/c1-9-4-3-7(5-8(9)12)10(9,2)6-15(11,13)14/h7H,3-6H2,1-2H3/t7-,9+,10-/m1/s1. The second kappa shape index (κ2) is 2.98. The molecule has 3 atom stereocenters. The van der Waals surface area contributed by atoms with E-state index in [0.717, 1.165) is 12.8 Å². The van der Waals surface area contributed by atoms with E-state index in [-0.39, 0.29) is 17.5 Å². The summed E-state index contributed by atoms with van der Waals surface area (Å²) in [5.41, 5.74) is -0.926. The predicted molar refractivity (Wildman–Crippen MR) is 58.2 cm³/mol. The van der Waals surface area contributed by atoms with Gasteiger partial charge in [-0.25, -0.2) is 8.42 Å². The Labute approximate surface area is 94.6 Å². The van der Waals surface area contributed by atoms with Crippen LogP contribution in [0.5, 0.6) is 0 Å². The molecule has 0 aliphatic heterocycles. The molecule has 0 amide bonds. The lowest BCUT2D eigenvalue weighted by atomic mass is 9.70. The van der Waals surface area contributed by atoms with Crippen molar-refractivity contribution in [3.8, 4) is 0 Å². The highest BCUT2D eigenvalue weighted by Gasteiger charge is 2.64. The van der Waals surface area contributed by atoms with Crippen molar-refractivity contribution in [3.63, 3.8) is 0 Å². The first-order valence-electron chi connectivity index (χ1n) is 5.15. The third-order valence-electron chi connectivity index (χ3n) is 4.67. The number of hydrogen-bond acceptors (Lipinski definition) is 3. The van der Waals surface area contributed by atoms with Gasteiger partial charge in [-0.1, -0.05) is 13.8 Å². The molecule has 2 rings (SSSR count). The van der Waals surface area contributed by atoms with E-state index in [1.54, 1.807) is 0 Å². The number of ketones is 1. The van der Waals surface area contributed by atoms with Gasteiger partial charge in [-0.2, -0.15) is 0 Å². The van der Waals surface area contributed by atoms with E-state index < -0.39 is 19.9 Å². The van der Waals surface area contributed by atoms with Crippen molar-refractivity contribution in [1.29, 1.82) is 0 Å². The van der Waals surface area contributed by atoms with Crippen LogP contribution in [0.25, 0.3) is 0 Å². The zero-order valence-electron chi connectivity index (χ0n) is 8.92. The minimum atomic E-state index is -3.53. The molecule has 2 fully saturated rings. The first-order valence-corrected chi connectivity index (χ1v) is 7.62. The predicted octanol–water partition coefficient (Wildman–Crippen LogP) is 1.95. The lowest BCUT2D eigenvalue weighted by Crippen LogP contribution is -2.39. The molecule has 0 unspecified atom stereocenters. The molecule has 2 aliphatic rings. The molecule has 0 spiro atoms. The zero-order valence-corrected chi connectivity index (χ0v) is 10.5. The van der Waals surface area contributed by atoms with E-state index in [4.69, 9.17) is 10.7 Å². The van der Waals surface area contributed by atoms with Gasteiger partial charge in [-0.15, -0.1) is 0 Å². The fourth-order valence-corrected chi connectivity index (χ4v) is 5.34. The number of carbonyl (C=O) groups excluding carboxylic acids is 1. The van der Waals surface area contributed by atoms with Crippen molar-refractivity contribution in [1.82, 2.24) is 0 Å². The number of halogens is 1. The highest BCUT2D eigenvalue weighted by atomic mass is 35.7. The van der Waals surface area contributed by atoms with Crippen LogP contribution in [-0.4, -0.2) is 20.0 Å². The highest BCUT2D eigenvalue weighted by Crippen LogP contribution is 2.64. The smallest absolute Gasteiger partial charge is 0.233 e. The lowest BCUT2D eigenvalue weighted by molar-refractivity contribution is -0.128. The molecule has 5 heteroatoms. The topological polar surface area (TPSA) is 51.2 Å². The van der Waals surface area contributed by atoms with E-state index in [1.165, 1.54) is 0 Å². The Balaban J connectivity index is 2.41. The monoisotopic (exact) mass is 250 g/mol. The van der Waals surface area contributed by atoms with Gasteiger partial charge in [-0.3, -0.25) is 4.79 Å². The first-order chi connectivity index (χ1) is 6.69. The van der Waals surface area contributed by atoms with Gasteiger partial charge in [0, 0.05) is 22.5 Å².